The van der Waals surface area contributed by atoms with Gasteiger partial charge >= 0.3 is 5.97 Å². The van der Waals surface area contributed by atoms with Crippen LogP contribution in [0.1, 0.15) is 20.3 Å². The Kier molecular flexibility index (Phi) is 5.78. The Morgan fingerprint density at radius 2 is 1.95 bits per heavy atom. The first-order chi connectivity index (χ1) is 9.04. The van der Waals surface area contributed by atoms with Crippen molar-refractivity contribution in [2.75, 3.05) is 13.2 Å². The summed E-state index contributed by atoms with van der Waals surface area (Å²) in [5.41, 5.74) is 0.00977. The average Bonchev–Trinajstić information content (AvgIpc) is 2.42. The van der Waals surface area contributed by atoms with Gasteiger partial charge in [0.25, 0.3) is 5.69 Å². The maximum atomic E-state index is 11.4. The Hall–Kier alpha value is -2.11. The third kappa shape index (κ3) is 4.95. The quantitative estimate of drug-likeness (QED) is 0.328. The van der Waals surface area contributed by atoms with Crippen LogP contribution < -0.4 is 4.74 Å². The Bertz CT molecular complexity index is 429. The number of rotatable bonds is 7. The highest BCUT2D eigenvalue weighted by Gasteiger charge is 2.11. The van der Waals surface area contributed by atoms with Crippen LogP contribution in [-0.2, 0) is 9.53 Å². The van der Waals surface area contributed by atoms with Crippen molar-refractivity contribution < 1.29 is 19.2 Å². The monoisotopic (exact) mass is 267 g/mol. The molecule has 0 fully saturated rings. The maximum Gasteiger partial charge on any atom is 0.308 e. The van der Waals surface area contributed by atoms with Crippen LogP contribution in [-0.4, -0.2) is 24.1 Å². The van der Waals surface area contributed by atoms with Gasteiger partial charge in [-0.25, -0.2) is 0 Å². The molecule has 0 saturated heterocycles. The number of hydrogen-bond acceptors (Lipinski definition) is 5. The zero-order valence-corrected chi connectivity index (χ0v) is 11.0. The minimum atomic E-state index is -0.475. The molecule has 0 heterocycles. The fourth-order valence-corrected chi connectivity index (χ4v) is 1.27. The van der Waals surface area contributed by atoms with Crippen LogP contribution >= 0.6 is 0 Å². The first kappa shape index (κ1) is 14.9. The van der Waals surface area contributed by atoms with E-state index in [0.29, 0.717) is 5.75 Å². The molecule has 0 aromatic heterocycles. The van der Waals surface area contributed by atoms with E-state index < -0.39 is 4.92 Å². The molecule has 6 nitrogen and oxygen atoms in total. The molecular formula is C13H17NO5. The lowest BCUT2D eigenvalue weighted by atomic mass is 10.1. The lowest BCUT2D eigenvalue weighted by molar-refractivity contribution is -0.384. The number of nitrogens with zero attached hydrogens (tertiary/aromatic N) is 1. The molecule has 0 aliphatic rings. The molecule has 1 aromatic rings. The number of esters is 1. The summed E-state index contributed by atoms with van der Waals surface area (Å²) in [5.74, 6) is 0.152. The maximum absolute atomic E-state index is 11.4. The third-order valence-corrected chi connectivity index (χ3v) is 2.66. The van der Waals surface area contributed by atoms with Crippen LogP contribution in [0, 0.1) is 16.0 Å². The smallest absolute Gasteiger partial charge is 0.308 e. The Balaban J connectivity index is 2.30. The minimum absolute atomic E-state index is 0.00977. The lowest BCUT2D eigenvalue weighted by Crippen LogP contribution is -2.17. The number of nitro benzene ring substituents is 1. The second-order valence-corrected chi connectivity index (χ2v) is 4.08. The molecule has 0 bridgehead atoms. The van der Waals surface area contributed by atoms with E-state index in [1.165, 1.54) is 24.3 Å². The summed E-state index contributed by atoms with van der Waals surface area (Å²) >= 11 is 0. The van der Waals surface area contributed by atoms with Crippen LogP contribution in [0.3, 0.4) is 0 Å². The SMILES string of the molecule is CCC(C)C(=O)OCCOc1ccc([N+](=O)[O-])cc1. The summed E-state index contributed by atoms with van der Waals surface area (Å²) in [7, 11) is 0. The van der Waals surface area contributed by atoms with Crippen LogP contribution in [0.2, 0.25) is 0 Å². The largest absolute Gasteiger partial charge is 0.490 e. The van der Waals surface area contributed by atoms with Crippen molar-refractivity contribution in [3.63, 3.8) is 0 Å². The first-order valence-electron chi connectivity index (χ1n) is 6.08. The molecule has 0 aliphatic heterocycles. The molecule has 0 saturated carbocycles. The fraction of sp³-hybridized carbons (Fsp3) is 0.462. The molecule has 104 valence electrons. The van der Waals surface area contributed by atoms with Crippen LogP contribution in [0.5, 0.6) is 5.75 Å². The molecule has 1 unspecified atom stereocenters. The van der Waals surface area contributed by atoms with E-state index in [1.807, 2.05) is 6.92 Å². The number of ether oxygens (including phenoxy) is 2. The number of non-ortho nitro benzene ring substituents is 1. The van der Waals surface area contributed by atoms with Gasteiger partial charge in [-0.2, -0.15) is 0 Å². The zero-order valence-electron chi connectivity index (χ0n) is 11.0. The van der Waals surface area contributed by atoms with Crippen molar-refractivity contribution in [2.45, 2.75) is 20.3 Å². The van der Waals surface area contributed by atoms with Gasteiger partial charge in [-0.05, 0) is 18.6 Å². The number of carbonyl (C=O) groups is 1. The summed E-state index contributed by atoms with van der Waals surface area (Å²) in [6, 6.07) is 5.74. The molecule has 19 heavy (non-hydrogen) atoms. The highest BCUT2D eigenvalue weighted by Crippen LogP contribution is 2.17. The van der Waals surface area contributed by atoms with Crippen molar-refractivity contribution >= 4 is 11.7 Å². The summed E-state index contributed by atoms with van der Waals surface area (Å²) in [6.45, 7) is 4.11. The minimum Gasteiger partial charge on any atom is -0.490 e. The van der Waals surface area contributed by atoms with Crippen LogP contribution in [0.25, 0.3) is 0 Å². The van der Waals surface area contributed by atoms with Crippen molar-refractivity contribution in [3.8, 4) is 5.75 Å². The Morgan fingerprint density at radius 1 is 1.32 bits per heavy atom. The van der Waals surface area contributed by atoms with Gasteiger partial charge in [0.2, 0.25) is 0 Å². The van der Waals surface area contributed by atoms with E-state index in [4.69, 9.17) is 9.47 Å². The lowest BCUT2D eigenvalue weighted by Gasteiger charge is -2.10. The molecular weight excluding hydrogens is 250 g/mol. The Morgan fingerprint density at radius 3 is 2.47 bits per heavy atom. The fourth-order valence-electron chi connectivity index (χ4n) is 1.27. The van der Waals surface area contributed by atoms with E-state index in [1.54, 1.807) is 6.92 Å². The topological polar surface area (TPSA) is 78.7 Å². The summed E-state index contributed by atoms with van der Waals surface area (Å²) < 4.78 is 10.3. The molecule has 0 amide bonds. The van der Waals surface area contributed by atoms with Crippen molar-refractivity contribution in [1.82, 2.24) is 0 Å². The van der Waals surface area contributed by atoms with Gasteiger partial charge in [0, 0.05) is 12.1 Å². The Labute approximate surface area is 111 Å². The van der Waals surface area contributed by atoms with Gasteiger partial charge in [0.05, 0.1) is 10.8 Å². The van der Waals surface area contributed by atoms with Crippen molar-refractivity contribution in [3.05, 3.63) is 34.4 Å². The number of hydrogen-bond donors (Lipinski definition) is 0. The second kappa shape index (κ2) is 7.35. The summed E-state index contributed by atoms with van der Waals surface area (Å²) in [4.78, 5) is 21.3. The highest BCUT2D eigenvalue weighted by molar-refractivity contribution is 5.71. The summed E-state index contributed by atoms with van der Waals surface area (Å²) in [5, 5.41) is 10.4. The number of nitro groups is 1. The molecule has 6 heteroatoms. The molecule has 0 aliphatic carbocycles. The third-order valence-electron chi connectivity index (χ3n) is 2.66. The zero-order chi connectivity index (χ0) is 14.3. The highest BCUT2D eigenvalue weighted by atomic mass is 16.6. The number of carbonyl (C=O) groups excluding carboxylic acids is 1. The van der Waals surface area contributed by atoms with Crippen LogP contribution in [0.15, 0.2) is 24.3 Å². The number of benzene rings is 1. The van der Waals surface area contributed by atoms with E-state index in [9.17, 15) is 14.9 Å². The molecule has 0 spiro atoms. The second-order valence-electron chi connectivity index (χ2n) is 4.08. The standard InChI is InChI=1S/C13H17NO5/c1-3-10(2)13(15)19-9-8-18-12-6-4-11(5-7-12)14(16)17/h4-7,10H,3,8-9H2,1-2H3. The molecule has 1 atom stereocenters. The molecule has 1 aromatic carbocycles. The van der Waals surface area contributed by atoms with Gasteiger partial charge in [0.1, 0.15) is 19.0 Å². The van der Waals surface area contributed by atoms with Gasteiger partial charge < -0.3 is 9.47 Å². The molecule has 0 radical (unpaired) electrons. The van der Waals surface area contributed by atoms with E-state index in [-0.39, 0.29) is 30.8 Å². The molecule has 1 rings (SSSR count). The van der Waals surface area contributed by atoms with Crippen molar-refractivity contribution in [1.29, 1.82) is 0 Å². The molecule has 0 N–H and O–H groups in total. The van der Waals surface area contributed by atoms with Gasteiger partial charge in [-0.3, -0.25) is 14.9 Å². The van der Waals surface area contributed by atoms with Crippen LogP contribution in [0.4, 0.5) is 5.69 Å². The predicted octanol–water partition coefficient (Wildman–Crippen LogP) is 2.56. The van der Waals surface area contributed by atoms with E-state index >= 15 is 0 Å². The van der Waals surface area contributed by atoms with E-state index in [2.05, 4.69) is 0 Å². The average molecular weight is 267 g/mol. The van der Waals surface area contributed by atoms with E-state index in [0.717, 1.165) is 6.42 Å². The van der Waals surface area contributed by atoms with Gasteiger partial charge in [0.15, 0.2) is 0 Å². The predicted molar refractivity (Wildman–Crippen MR) is 69.0 cm³/mol. The van der Waals surface area contributed by atoms with Gasteiger partial charge in [-0.1, -0.05) is 13.8 Å². The van der Waals surface area contributed by atoms with Crippen molar-refractivity contribution in [2.24, 2.45) is 5.92 Å². The first-order valence-corrected chi connectivity index (χ1v) is 6.08. The summed E-state index contributed by atoms with van der Waals surface area (Å²) in [6.07, 6.45) is 0.738. The normalized spacial score (nSPS) is 11.7. The van der Waals surface area contributed by atoms with Gasteiger partial charge in [-0.15, -0.1) is 0 Å².